The highest BCUT2D eigenvalue weighted by molar-refractivity contribution is 4.82. The summed E-state index contributed by atoms with van der Waals surface area (Å²) in [5.74, 6) is 0. The lowest BCUT2D eigenvalue weighted by atomic mass is 9.94. The first-order chi connectivity index (χ1) is 6.62. The number of hydrogen-bond acceptors (Lipinski definition) is 1. The summed E-state index contributed by atoms with van der Waals surface area (Å²) in [6.07, 6.45) is 11.1. The summed E-state index contributed by atoms with van der Waals surface area (Å²) in [6.45, 7) is 7.79. The van der Waals surface area contributed by atoms with Crippen LogP contribution in [0.1, 0.15) is 65.2 Å². The van der Waals surface area contributed by atoms with Crippen LogP contribution in [0.15, 0.2) is 12.7 Å². The van der Waals surface area contributed by atoms with E-state index in [1.165, 1.54) is 32.1 Å². The van der Waals surface area contributed by atoms with Crippen molar-refractivity contribution in [3.05, 3.63) is 12.7 Å². The van der Waals surface area contributed by atoms with Gasteiger partial charge in [0.05, 0.1) is 5.60 Å². The molecule has 1 heteroatoms. The van der Waals surface area contributed by atoms with Gasteiger partial charge in [-0.1, -0.05) is 51.5 Å². The number of hydrogen-bond donors (Lipinski definition) is 1. The molecule has 0 aromatic carbocycles. The summed E-state index contributed by atoms with van der Waals surface area (Å²) < 4.78 is 0. The molecule has 84 valence electrons. The largest absolute Gasteiger partial charge is 0.390 e. The van der Waals surface area contributed by atoms with Crippen LogP contribution < -0.4 is 0 Å². The van der Waals surface area contributed by atoms with E-state index in [0.717, 1.165) is 12.8 Å². The molecule has 0 rings (SSSR count). The summed E-state index contributed by atoms with van der Waals surface area (Å²) in [4.78, 5) is 0. The molecule has 0 aliphatic rings. The Balaban J connectivity index is 3.30. The van der Waals surface area contributed by atoms with Gasteiger partial charge in [0.25, 0.3) is 0 Å². The maximum atomic E-state index is 9.85. The lowest BCUT2D eigenvalue weighted by molar-refractivity contribution is 0.0512. The van der Waals surface area contributed by atoms with Gasteiger partial charge in [0, 0.05) is 0 Å². The van der Waals surface area contributed by atoms with Crippen molar-refractivity contribution in [1.82, 2.24) is 0 Å². The maximum absolute atomic E-state index is 9.85. The third kappa shape index (κ3) is 8.31. The Labute approximate surface area is 89.2 Å². The Bertz CT molecular complexity index is 138. The van der Waals surface area contributed by atoms with Crippen molar-refractivity contribution in [2.24, 2.45) is 0 Å². The van der Waals surface area contributed by atoms with Crippen molar-refractivity contribution in [1.29, 1.82) is 0 Å². The minimum Gasteiger partial charge on any atom is -0.390 e. The Morgan fingerprint density at radius 3 is 2.29 bits per heavy atom. The van der Waals surface area contributed by atoms with Gasteiger partial charge in [-0.25, -0.2) is 0 Å². The summed E-state index contributed by atoms with van der Waals surface area (Å²) in [5, 5.41) is 9.85. The predicted octanol–water partition coefficient (Wildman–Crippen LogP) is 4.06. The zero-order valence-corrected chi connectivity index (χ0v) is 9.89. The van der Waals surface area contributed by atoms with Crippen molar-refractivity contribution >= 4 is 0 Å². The smallest absolute Gasteiger partial charge is 0.0653 e. The Kier molecular flexibility index (Phi) is 7.87. The molecule has 14 heavy (non-hydrogen) atoms. The van der Waals surface area contributed by atoms with Crippen LogP contribution in [-0.2, 0) is 0 Å². The molecule has 0 amide bonds. The van der Waals surface area contributed by atoms with Gasteiger partial charge in [0.1, 0.15) is 0 Å². The fourth-order valence-corrected chi connectivity index (χ4v) is 1.70. The van der Waals surface area contributed by atoms with E-state index in [1.54, 1.807) is 6.08 Å². The standard InChI is InChI=1S/C13H26O/c1-4-6-7-8-9-10-12-13(3,14)11-5-2/h5,14H,2,4,6-12H2,1,3H3. The molecule has 0 bridgehead atoms. The van der Waals surface area contributed by atoms with Crippen LogP contribution in [0, 0.1) is 0 Å². The highest BCUT2D eigenvalue weighted by Crippen LogP contribution is 2.19. The van der Waals surface area contributed by atoms with E-state index < -0.39 is 5.60 Å². The van der Waals surface area contributed by atoms with Crippen molar-refractivity contribution in [2.75, 3.05) is 0 Å². The lowest BCUT2D eigenvalue weighted by Crippen LogP contribution is -2.22. The van der Waals surface area contributed by atoms with E-state index in [9.17, 15) is 5.11 Å². The van der Waals surface area contributed by atoms with Crippen LogP contribution in [0.4, 0.5) is 0 Å². The van der Waals surface area contributed by atoms with Crippen molar-refractivity contribution in [2.45, 2.75) is 70.8 Å². The molecular weight excluding hydrogens is 172 g/mol. The molecule has 1 atom stereocenters. The van der Waals surface area contributed by atoms with Gasteiger partial charge in [-0.2, -0.15) is 0 Å². The molecule has 0 fully saturated rings. The Morgan fingerprint density at radius 1 is 1.14 bits per heavy atom. The summed E-state index contributed by atoms with van der Waals surface area (Å²) >= 11 is 0. The number of unbranched alkanes of at least 4 members (excludes halogenated alkanes) is 5. The highest BCUT2D eigenvalue weighted by Gasteiger charge is 2.16. The molecule has 0 saturated heterocycles. The fourth-order valence-electron chi connectivity index (χ4n) is 1.70. The fraction of sp³-hybridized carbons (Fsp3) is 0.846. The average molecular weight is 198 g/mol. The monoisotopic (exact) mass is 198 g/mol. The van der Waals surface area contributed by atoms with E-state index in [4.69, 9.17) is 0 Å². The van der Waals surface area contributed by atoms with Gasteiger partial charge >= 0.3 is 0 Å². The van der Waals surface area contributed by atoms with E-state index >= 15 is 0 Å². The Morgan fingerprint density at radius 2 is 1.71 bits per heavy atom. The van der Waals surface area contributed by atoms with Crippen LogP contribution >= 0.6 is 0 Å². The SMILES string of the molecule is C=CCC(C)(O)CCCCCCCC. The molecule has 0 aromatic rings. The van der Waals surface area contributed by atoms with Crippen LogP contribution in [0.5, 0.6) is 0 Å². The Hall–Kier alpha value is -0.300. The summed E-state index contributed by atoms with van der Waals surface area (Å²) in [7, 11) is 0. The van der Waals surface area contributed by atoms with Gasteiger partial charge in [-0.3, -0.25) is 0 Å². The molecule has 0 heterocycles. The van der Waals surface area contributed by atoms with Crippen LogP contribution in [0.25, 0.3) is 0 Å². The first-order valence-electron chi connectivity index (χ1n) is 5.95. The molecule has 1 unspecified atom stereocenters. The summed E-state index contributed by atoms with van der Waals surface area (Å²) in [5.41, 5.74) is -0.521. The molecule has 0 aliphatic carbocycles. The quantitative estimate of drug-likeness (QED) is 0.437. The predicted molar refractivity (Wildman–Crippen MR) is 63.4 cm³/mol. The third-order valence-corrected chi connectivity index (χ3v) is 2.65. The first kappa shape index (κ1) is 13.7. The van der Waals surface area contributed by atoms with Crippen molar-refractivity contribution < 1.29 is 5.11 Å². The second-order valence-corrected chi connectivity index (χ2v) is 4.51. The molecular formula is C13H26O. The minimum absolute atomic E-state index is 0.521. The zero-order chi connectivity index (χ0) is 10.9. The zero-order valence-electron chi connectivity index (χ0n) is 9.89. The van der Waals surface area contributed by atoms with Crippen LogP contribution in [0.3, 0.4) is 0 Å². The second kappa shape index (κ2) is 8.05. The molecule has 0 aromatic heterocycles. The van der Waals surface area contributed by atoms with Gasteiger partial charge < -0.3 is 5.11 Å². The lowest BCUT2D eigenvalue weighted by Gasteiger charge is -2.21. The molecule has 1 nitrogen and oxygen atoms in total. The molecule has 0 saturated carbocycles. The van der Waals surface area contributed by atoms with Gasteiger partial charge in [-0.15, -0.1) is 6.58 Å². The van der Waals surface area contributed by atoms with Gasteiger partial charge in [0.2, 0.25) is 0 Å². The van der Waals surface area contributed by atoms with Crippen molar-refractivity contribution in [3.8, 4) is 0 Å². The van der Waals surface area contributed by atoms with Crippen LogP contribution in [-0.4, -0.2) is 10.7 Å². The first-order valence-corrected chi connectivity index (χ1v) is 5.95. The van der Waals surface area contributed by atoms with Crippen molar-refractivity contribution in [3.63, 3.8) is 0 Å². The number of aliphatic hydroxyl groups is 1. The highest BCUT2D eigenvalue weighted by atomic mass is 16.3. The average Bonchev–Trinajstić information content (AvgIpc) is 2.11. The minimum atomic E-state index is -0.521. The number of rotatable bonds is 9. The maximum Gasteiger partial charge on any atom is 0.0653 e. The van der Waals surface area contributed by atoms with Gasteiger partial charge in [0.15, 0.2) is 0 Å². The molecule has 0 spiro atoms. The summed E-state index contributed by atoms with van der Waals surface area (Å²) in [6, 6.07) is 0. The topological polar surface area (TPSA) is 20.2 Å². The van der Waals surface area contributed by atoms with E-state index in [2.05, 4.69) is 13.5 Å². The van der Waals surface area contributed by atoms with E-state index in [-0.39, 0.29) is 0 Å². The van der Waals surface area contributed by atoms with Gasteiger partial charge in [-0.05, 0) is 19.8 Å². The normalized spacial score (nSPS) is 15.1. The van der Waals surface area contributed by atoms with E-state index in [0.29, 0.717) is 6.42 Å². The molecule has 0 radical (unpaired) electrons. The molecule has 0 aliphatic heterocycles. The molecule has 1 N–H and O–H groups in total. The second-order valence-electron chi connectivity index (χ2n) is 4.51. The van der Waals surface area contributed by atoms with Crippen LogP contribution in [0.2, 0.25) is 0 Å². The third-order valence-electron chi connectivity index (χ3n) is 2.65. The van der Waals surface area contributed by atoms with E-state index in [1.807, 2.05) is 6.92 Å².